The number of carboxylic acid groups (broad SMARTS) is 3. The number of carboxylic acids is 3. The predicted octanol–water partition coefficient (Wildman–Crippen LogP) is 0.806. The van der Waals surface area contributed by atoms with Gasteiger partial charge in [-0.05, 0) is 12.5 Å². The number of alkyl halides is 3. The van der Waals surface area contributed by atoms with Gasteiger partial charge in [0, 0.05) is 25.2 Å². The van der Waals surface area contributed by atoms with E-state index in [2.05, 4.69) is 5.32 Å². The number of hydrogen-bond acceptors (Lipinski definition) is 6. The molecule has 1 aliphatic heterocycles. The molecule has 4 N–H and O–H groups in total. The molecule has 1 aromatic carbocycles. The van der Waals surface area contributed by atoms with Crippen molar-refractivity contribution in [3.05, 3.63) is 29.8 Å². The zero-order chi connectivity index (χ0) is 24.3. The van der Waals surface area contributed by atoms with Gasteiger partial charge in [0.25, 0.3) is 0 Å². The molecule has 1 saturated carbocycles. The fourth-order valence-corrected chi connectivity index (χ4v) is 3.81. The summed E-state index contributed by atoms with van der Waals surface area (Å²) in [7, 11) is 1.55. The van der Waals surface area contributed by atoms with Crippen molar-refractivity contribution in [1.82, 2.24) is 10.2 Å². The Hall–Kier alpha value is -3.35. The van der Waals surface area contributed by atoms with Gasteiger partial charge in [0.2, 0.25) is 5.91 Å². The van der Waals surface area contributed by atoms with E-state index in [1.165, 1.54) is 0 Å². The summed E-state index contributed by atoms with van der Waals surface area (Å²) in [5.74, 6) is -4.58. The Morgan fingerprint density at radius 1 is 1.06 bits per heavy atom. The Labute approximate surface area is 179 Å². The number of carbonyl (C=O) groups is 4. The van der Waals surface area contributed by atoms with Crippen LogP contribution in [0.1, 0.15) is 12.0 Å². The maximum absolute atomic E-state index is 12.2. The SMILES string of the molecule is COc1ccccc1CNC(=O)CN1C[C@@]2(C(=O)O)C[C@@]2(C(=O)O)C1.O=C(O)C(F)(F)F. The van der Waals surface area contributed by atoms with Crippen LogP contribution in [0.15, 0.2) is 24.3 Å². The highest BCUT2D eigenvalue weighted by Gasteiger charge is 2.80. The topological polar surface area (TPSA) is 153 Å². The van der Waals surface area contributed by atoms with Crippen molar-refractivity contribution < 1.29 is 52.4 Å². The van der Waals surface area contributed by atoms with Crippen LogP contribution < -0.4 is 10.1 Å². The number of piperidine rings is 1. The number of carbonyl (C=O) groups excluding carboxylic acids is 1. The third-order valence-corrected chi connectivity index (χ3v) is 5.48. The fraction of sp³-hybridized carbons (Fsp3) is 0.474. The van der Waals surface area contributed by atoms with Crippen LogP contribution in [0.2, 0.25) is 0 Å². The number of likely N-dealkylation sites (tertiary alicyclic amines) is 1. The molecule has 0 radical (unpaired) electrons. The summed E-state index contributed by atoms with van der Waals surface area (Å²) in [6, 6.07) is 7.30. The number of halogens is 3. The maximum Gasteiger partial charge on any atom is 0.490 e. The van der Waals surface area contributed by atoms with E-state index < -0.39 is 34.9 Å². The highest BCUT2D eigenvalue weighted by molar-refractivity contribution is 5.94. The Bertz CT molecular complexity index is 894. The predicted molar refractivity (Wildman–Crippen MR) is 99.7 cm³/mol. The summed E-state index contributed by atoms with van der Waals surface area (Å²) in [4.78, 5) is 45.6. The second kappa shape index (κ2) is 9.02. The molecule has 1 aromatic rings. The third kappa shape index (κ3) is 4.93. The zero-order valence-electron chi connectivity index (χ0n) is 16.8. The first kappa shape index (κ1) is 24.9. The number of para-hydroxylation sites is 1. The molecule has 32 heavy (non-hydrogen) atoms. The molecule has 2 fully saturated rings. The molecular weight excluding hydrogens is 441 g/mol. The highest BCUT2D eigenvalue weighted by Crippen LogP contribution is 2.68. The molecule has 1 aliphatic carbocycles. The van der Waals surface area contributed by atoms with Crippen LogP contribution in [-0.2, 0) is 25.7 Å². The van der Waals surface area contributed by atoms with E-state index in [-0.39, 0.29) is 38.5 Å². The minimum atomic E-state index is -5.08. The number of fused-ring (bicyclic) bond motifs is 1. The standard InChI is InChI=1S/C17H20N2O6.C2HF3O2/c1-25-12-5-3-2-4-11(12)6-18-13(20)7-19-9-16(14(21)22)8-17(16,10-19)15(23)24;3-2(4,5)1(6)7/h2-5H,6-10H2,1H3,(H,18,20)(H,21,22)(H,23,24);(H,6,7)/t16-,17+;. The van der Waals surface area contributed by atoms with Gasteiger partial charge in [-0.15, -0.1) is 0 Å². The summed E-state index contributed by atoms with van der Waals surface area (Å²) >= 11 is 0. The van der Waals surface area contributed by atoms with E-state index in [0.29, 0.717) is 5.75 Å². The minimum Gasteiger partial charge on any atom is -0.496 e. The lowest BCUT2D eigenvalue weighted by atomic mass is 9.97. The van der Waals surface area contributed by atoms with Crippen LogP contribution in [0.5, 0.6) is 5.75 Å². The zero-order valence-corrected chi connectivity index (χ0v) is 16.8. The van der Waals surface area contributed by atoms with Crippen molar-refractivity contribution >= 4 is 23.8 Å². The quantitative estimate of drug-likeness (QED) is 0.461. The van der Waals surface area contributed by atoms with Crippen LogP contribution in [0.25, 0.3) is 0 Å². The van der Waals surface area contributed by atoms with Crippen molar-refractivity contribution in [2.24, 2.45) is 10.8 Å². The summed E-state index contributed by atoms with van der Waals surface area (Å²) < 4.78 is 37.0. The second-order valence-corrected chi connectivity index (χ2v) is 7.49. The molecule has 0 unspecified atom stereocenters. The van der Waals surface area contributed by atoms with Gasteiger partial charge in [-0.3, -0.25) is 19.3 Å². The van der Waals surface area contributed by atoms with Crippen molar-refractivity contribution in [3.8, 4) is 5.75 Å². The van der Waals surface area contributed by atoms with Gasteiger partial charge in [-0.2, -0.15) is 13.2 Å². The van der Waals surface area contributed by atoms with Gasteiger partial charge < -0.3 is 25.4 Å². The molecular formula is C19H21F3N2O8. The second-order valence-electron chi connectivity index (χ2n) is 7.49. The maximum atomic E-state index is 12.2. The number of ether oxygens (including phenoxy) is 1. The molecule has 0 bridgehead atoms. The van der Waals surface area contributed by atoms with E-state index in [1.807, 2.05) is 18.2 Å². The van der Waals surface area contributed by atoms with Crippen molar-refractivity contribution in [2.45, 2.75) is 19.1 Å². The summed E-state index contributed by atoms with van der Waals surface area (Å²) in [6.45, 7) is 0.414. The van der Waals surface area contributed by atoms with Crippen LogP contribution in [0.3, 0.4) is 0 Å². The largest absolute Gasteiger partial charge is 0.496 e. The number of aliphatic carboxylic acids is 3. The van der Waals surface area contributed by atoms with Gasteiger partial charge in [0.15, 0.2) is 0 Å². The van der Waals surface area contributed by atoms with E-state index in [0.717, 1.165) is 5.56 Å². The number of nitrogens with zero attached hydrogens (tertiary/aromatic N) is 1. The molecule has 1 heterocycles. The summed E-state index contributed by atoms with van der Waals surface area (Å²) in [5.41, 5.74) is -1.70. The molecule has 0 spiro atoms. The average Bonchev–Trinajstić information content (AvgIpc) is 3.25. The number of amides is 1. The molecule has 176 valence electrons. The number of nitrogens with one attached hydrogen (secondary N) is 1. The van der Waals surface area contributed by atoms with Crippen molar-refractivity contribution in [2.75, 3.05) is 26.7 Å². The lowest BCUT2D eigenvalue weighted by Gasteiger charge is -2.19. The Morgan fingerprint density at radius 3 is 2.00 bits per heavy atom. The number of methoxy groups -OCH3 is 1. The number of hydrogen-bond donors (Lipinski definition) is 4. The molecule has 1 saturated heterocycles. The van der Waals surface area contributed by atoms with Crippen molar-refractivity contribution in [1.29, 1.82) is 0 Å². The summed E-state index contributed by atoms with van der Waals surface area (Å²) in [6.07, 6.45) is -4.95. The normalized spacial score (nSPS) is 23.9. The van der Waals surface area contributed by atoms with Crippen molar-refractivity contribution in [3.63, 3.8) is 0 Å². The van der Waals surface area contributed by atoms with E-state index in [9.17, 15) is 37.8 Å². The molecule has 0 aromatic heterocycles. The van der Waals surface area contributed by atoms with E-state index in [1.54, 1.807) is 18.1 Å². The molecule has 2 aliphatic rings. The van der Waals surface area contributed by atoms with Crippen LogP contribution in [0.4, 0.5) is 13.2 Å². The Balaban J connectivity index is 0.000000451. The lowest BCUT2D eigenvalue weighted by Crippen LogP contribution is -2.38. The monoisotopic (exact) mass is 462 g/mol. The highest BCUT2D eigenvalue weighted by atomic mass is 19.4. The van der Waals surface area contributed by atoms with Gasteiger partial charge in [-0.1, -0.05) is 18.2 Å². The third-order valence-electron chi connectivity index (χ3n) is 5.48. The Morgan fingerprint density at radius 2 is 1.56 bits per heavy atom. The molecule has 3 rings (SSSR count). The molecule has 10 nitrogen and oxygen atoms in total. The first-order valence-electron chi connectivity index (χ1n) is 9.17. The number of benzene rings is 1. The summed E-state index contributed by atoms with van der Waals surface area (Å²) in [5, 5.41) is 28.7. The van der Waals surface area contributed by atoms with Gasteiger partial charge >= 0.3 is 24.1 Å². The van der Waals surface area contributed by atoms with Gasteiger partial charge in [0.1, 0.15) is 5.75 Å². The Kier molecular flexibility index (Phi) is 7.03. The molecule has 13 heteroatoms. The van der Waals surface area contributed by atoms with Crippen LogP contribution in [0, 0.1) is 10.8 Å². The smallest absolute Gasteiger partial charge is 0.490 e. The van der Waals surface area contributed by atoms with Crippen LogP contribution in [-0.4, -0.2) is 77.0 Å². The van der Waals surface area contributed by atoms with Gasteiger partial charge in [-0.25, -0.2) is 4.79 Å². The van der Waals surface area contributed by atoms with E-state index >= 15 is 0 Å². The fourth-order valence-electron chi connectivity index (χ4n) is 3.81. The molecule has 2 atom stereocenters. The minimum absolute atomic E-state index is 0.0286. The van der Waals surface area contributed by atoms with Gasteiger partial charge in [0.05, 0.1) is 24.5 Å². The average molecular weight is 462 g/mol. The lowest BCUT2D eigenvalue weighted by molar-refractivity contribution is -0.192. The van der Waals surface area contributed by atoms with Crippen LogP contribution >= 0.6 is 0 Å². The first-order chi connectivity index (χ1) is 14.8. The first-order valence-corrected chi connectivity index (χ1v) is 9.17. The van der Waals surface area contributed by atoms with E-state index in [4.69, 9.17) is 14.6 Å². The molecule has 1 amide bonds. The number of rotatable bonds is 7.